The van der Waals surface area contributed by atoms with Crippen molar-refractivity contribution >= 4 is 5.91 Å². The molecule has 1 heterocycles. The van der Waals surface area contributed by atoms with E-state index in [1.54, 1.807) is 0 Å². The molecular formula is C13H24N2O2. The summed E-state index contributed by atoms with van der Waals surface area (Å²) in [7, 11) is 1.85. The second kappa shape index (κ2) is 6.36. The van der Waals surface area contributed by atoms with Crippen LogP contribution in [0.2, 0.25) is 0 Å². The van der Waals surface area contributed by atoms with Crippen LogP contribution >= 0.6 is 0 Å². The molecule has 1 N–H and O–H groups in total. The van der Waals surface area contributed by atoms with Crippen LogP contribution in [0.1, 0.15) is 38.5 Å². The molecule has 2 aliphatic rings. The van der Waals surface area contributed by atoms with Gasteiger partial charge in [0.2, 0.25) is 5.91 Å². The summed E-state index contributed by atoms with van der Waals surface area (Å²) in [5, 5.41) is 3.05. The second-order valence-corrected chi connectivity index (χ2v) is 5.09. The Labute approximate surface area is 104 Å². The number of likely N-dealkylation sites (N-methyl/N-ethyl adjacent to an activating group) is 1. The Hall–Kier alpha value is -0.610. The van der Waals surface area contributed by atoms with Crippen molar-refractivity contribution in [1.29, 1.82) is 0 Å². The van der Waals surface area contributed by atoms with Crippen LogP contribution in [-0.4, -0.2) is 49.7 Å². The average molecular weight is 240 g/mol. The molecule has 0 aromatic heterocycles. The summed E-state index contributed by atoms with van der Waals surface area (Å²) >= 11 is 0. The molecule has 0 radical (unpaired) electrons. The van der Waals surface area contributed by atoms with E-state index in [9.17, 15) is 4.79 Å². The molecule has 0 aromatic rings. The topological polar surface area (TPSA) is 41.6 Å². The fourth-order valence-corrected chi connectivity index (χ4v) is 2.79. The first-order valence-electron chi connectivity index (χ1n) is 6.89. The van der Waals surface area contributed by atoms with Crippen molar-refractivity contribution in [2.75, 3.05) is 26.7 Å². The smallest absolute Gasteiger partial charge is 0.239 e. The van der Waals surface area contributed by atoms with E-state index < -0.39 is 0 Å². The highest BCUT2D eigenvalue weighted by atomic mass is 16.5. The Kier molecular flexibility index (Phi) is 4.80. The zero-order chi connectivity index (χ0) is 12.1. The lowest BCUT2D eigenvalue weighted by Gasteiger charge is -2.23. The number of carbonyl (C=O) groups is 1. The molecule has 1 aliphatic heterocycles. The third kappa shape index (κ3) is 3.42. The van der Waals surface area contributed by atoms with E-state index in [4.69, 9.17) is 4.74 Å². The van der Waals surface area contributed by atoms with Crippen molar-refractivity contribution in [3.8, 4) is 0 Å². The van der Waals surface area contributed by atoms with Crippen LogP contribution in [0.3, 0.4) is 0 Å². The fourth-order valence-electron chi connectivity index (χ4n) is 2.79. The molecule has 17 heavy (non-hydrogen) atoms. The Bertz CT molecular complexity index is 252. The highest BCUT2D eigenvalue weighted by Crippen LogP contribution is 2.20. The molecule has 98 valence electrons. The van der Waals surface area contributed by atoms with Gasteiger partial charge in [-0.15, -0.1) is 0 Å². The van der Waals surface area contributed by atoms with Gasteiger partial charge < -0.3 is 15.0 Å². The van der Waals surface area contributed by atoms with Gasteiger partial charge in [-0.2, -0.15) is 0 Å². The lowest BCUT2D eigenvalue weighted by molar-refractivity contribution is -0.130. The number of hydrogen-bond donors (Lipinski definition) is 1. The Morgan fingerprint density at radius 1 is 1.29 bits per heavy atom. The highest BCUT2D eigenvalue weighted by Gasteiger charge is 2.29. The van der Waals surface area contributed by atoms with Crippen molar-refractivity contribution in [1.82, 2.24) is 10.2 Å². The van der Waals surface area contributed by atoms with E-state index in [2.05, 4.69) is 5.32 Å². The third-order valence-electron chi connectivity index (χ3n) is 3.91. The molecule has 1 amide bonds. The molecule has 0 spiro atoms. The van der Waals surface area contributed by atoms with Crippen molar-refractivity contribution in [3.05, 3.63) is 0 Å². The van der Waals surface area contributed by atoms with Crippen molar-refractivity contribution in [2.24, 2.45) is 0 Å². The molecule has 2 fully saturated rings. The minimum Gasteiger partial charge on any atom is -0.376 e. The minimum absolute atomic E-state index is 0.0321. The summed E-state index contributed by atoms with van der Waals surface area (Å²) < 4.78 is 5.85. The summed E-state index contributed by atoms with van der Waals surface area (Å²) in [6.45, 7) is 2.33. The summed E-state index contributed by atoms with van der Waals surface area (Å²) in [5.41, 5.74) is 0. The summed E-state index contributed by atoms with van der Waals surface area (Å²) in [6, 6.07) is 0.0321. The maximum atomic E-state index is 11.8. The van der Waals surface area contributed by atoms with E-state index in [0.29, 0.717) is 12.7 Å². The molecule has 0 bridgehead atoms. The van der Waals surface area contributed by atoms with Crippen LogP contribution in [-0.2, 0) is 9.53 Å². The predicted molar refractivity (Wildman–Crippen MR) is 66.9 cm³/mol. The normalized spacial score (nSPS) is 26.8. The van der Waals surface area contributed by atoms with E-state index in [1.165, 1.54) is 32.1 Å². The lowest BCUT2D eigenvalue weighted by Crippen LogP contribution is -2.38. The van der Waals surface area contributed by atoms with Gasteiger partial charge in [0.15, 0.2) is 0 Å². The van der Waals surface area contributed by atoms with Gasteiger partial charge in [0.25, 0.3) is 0 Å². The molecule has 1 saturated carbocycles. The van der Waals surface area contributed by atoms with Gasteiger partial charge in [-0.1, -0.05) is 19.3 Å². The zero-order valence-electron chi connectivity index (χ0n) is 10.8. The quantitative estimate of drug-likeness (QED) is 0.784. The molecule has 4 nitrogen and oxygen atoms in total. The number of nitrogens with one attached hydrogen (secondary N) is 1. The summed E-state index contributed by atoms with van der Waals surface area (Å²) in [4.78, 5) is 13.7. The van der Waals surface area contributed by atoms with Crippen LogP contribution in [0.25, 0.3) is 0 Å². The average Bonchev–Trinajstić information content (AvgIpc) is 2.72. The SMILES string of the molecule is CNC1CCN(CCOC2CCCCC2)C1=O. The van der Waals surface area contributed by atoms with E-state index in [0.717, 1.165) is 19.5 Å². The first-order valence-corrected chi connectivity index (χ1v) is 6.89. The molecule has 1 aliphatic carbocycles. The van der Waals surface area contributed by atoms with E-state index in [-0.39, 0.29) is 11.9 Å². The van der Waals surface area contributed by atoms with Crippen LogP contribution in [0.4, 0.5) is 0 Å². The Morgan fingerprint density at radius 3 is 2.71 bits per heavy atom. The maximum absolute atomic E-state index is 11.8. The van der Waals surface area contributed by atoms with Gasteiger partial charge in [0.05, 0.1) is 18.8 Å². The summed E-state index contributed by atoms with van der Waals surface area (Å²) in [6.07, 6.45) is 7.74. The first-order chi connectivity index (χ1) is 8.31. The standard InChI is InChI=1S/C13H24N2O2/c1-14-12-7-8-15(13(12)16)9-10-17-11-5-3-2-4-6-11/h11-12,14H,2-10H2,1H3. The van der Waals surface area contributed by atoms with Gasteiger partial charge in [-0.05, 0) is 26.3 Å². The fraction of sp³-hybridized carbons (Fsp3) is 0.923. The second-order valence-electron chi connectivity index (χ2n) is 5.09. The number of carbonyl (C=O) groups excluding carboxylic acids is 1. The number of rotatable bonds is 5. The Balaban J connectivity index is 1.63. The molecular weight excluding hydrogens is 216 g/mol. The maximum Gasteiger partial charge on any atom is 0.239 e. The van der Waals surface area contributed by atoms with Crippen molar-refractivity contribution in [3.63, 3.8) is 0 Å². The number of likely N-dealkylation sites (tertiary alicyclic amines) is 1. The molecule has 0 aromatic carbocycles. The number of hydrogen-bond acceptors (Lipinski definition) is 3. The number of ether oxygens (including phenoxy) is 1. The predicted octanol–water partition coefficient (Wildman–Crippen LogP) is 1.16. The number of nitrogens with zero attached hydrogens (tertiary/aromatic N) is 1. The van der Waals surface area contributed by atoms with Crippen LogP contribution in [0.5, 0.6) is 0 Å². The molecule has 1 atom stereocenters. The summed E-state index contributed by atoms with van der Waals surface area (Å²) in [5.74, 6) is 0.236. The van der Waals surface area contributed by atoms with Crippen LogP contribution in [0.15, 0.2) is 0 Å². The third-order valence-corrected chi connectivity index (χ3v) is 3.91. The van der Waals surface area contributed by atoms with Gasteiger partial charge in [-0.25, -0.2) is 0 Å². The van der Waals surface area contributed by atoms with Crippen molar-refractivity contribution < 1.29 is 9.53 Å². The lowest BCUT2D eigenvalue weighted by atomic mass is 9.98. The van der Waals surface area contributed by atoms with Gasteiger partial charge >= 0.3 is 0 Å². The largest absolute Gasteiger partial charge is 0.376 e. The molecule has 1 saturated heterocycles. The Morgan fingerprint density at radius 2 is 2.06 bits per heavy atom. The van der Waals surface area contributed by atoms with Gasteiger partial charge in [0.1, 0.15) is 0 Å². The zero-order valence-corrected chi connectivity index (χ0v) is 10.8. The van der Waals surface area contributed by atoms with Crippen molar-refractivity contribution in [2.45, 2.75) is 50.7 Å². The monoisotopic (exact) mass is 240 g/mol. The van der Waals surface area contributed by atoms with Gasteiger partial charge in [0, 0.05) is 13.1 Å². The minimum atomic E-state index is 0.0321. The highest BCUT2D eigenvalue weighted by molar-refractivity contribution is 5.83. The van der Waals surface area contributed by atoms with Crippen LogP contribution in [0, 0.1) is 0 Å². The first kappa shape index (κ1) is 12.8. The van der Waals surface area contributed by atoms with Crippen LogP contribution < -0.4 is 5.32 Å². The van der Waals surface area contributed by atoms with E-state index in [1.807, 2.05) is 11.9 Å². The molecule has 4 heteroatoms. The molecule has 2 rings (SSSR count). The molecule has 1 unspecified atom stereocenters. The number of amides is 1. The van der Waals surface area contributed by atoms with Gasteiger partial charge in [-0.3, -0.25) is 4.79 Å². The van der Waals surface area contributed by atoms with E-state index >= 15 is 0 Å².